The molecule has 0 bridgehead atoms. The summed E-state index contributed by atoms with van der Waals surface area (Å²) in [6.07, 6.45) is -0.0180. The molecule has 1 atom stereocenters. The molecule has 0 fully saturated rings. The van der Waals surface area contributed by atoms with Gasteiger partial charge in [0.15, 0.2) is 5.78 Å². The molecule has 1 amide bonds. The molecule has 0 radical (unpaired) electrons. The summed E-state index contributed by atoms with van der Waals surface area (Å²) in [6.45, 7) is 0. The Kier molecular flexibility index (Phi) is 6.51. The molecule has 0 spiro atoms. The first-order chi connectivity index (χ1) is 14.8. The Labute approximate surface area is 177 Å². The number of carbonyl (C=O) groups excluding carboxylic acids is 2. The van der Waals surface area contributed by atoms with Crippen LogP contribution in [-0.4, -0.2) is 33.7 Å². The standard InChI is InChI=1S/C23H18N2O6/c26-21(16-5-2-1-3-6-16)17-11-9-15(10-12-17)13-20(23(28)29)24-22(27)18-7-4-8-19(14-18)25(30)31/h1-12,14,20H,13H2,(H,24,27)(H,28,29)/t20-/m1/s1. The Morgan fingerprint density at radius 2 is 1.48 bits per heavy atom. The average molecular weight is 418 g/mol. The Morgan fingerprint density at radius 3 is 2.10 bits per heavy atom. The number of amides is 1. The minimum atomic E-state index is -1.25. The number of carbonyl (C=O) groups is 3. The van der Waals surface area contributed by atoms with Gasteiger partial charge in [-0.25, -0.2) is 4.79 Å². The molecular weight excluding hydrogens is 400 g/mol. The molecule has 3 aromatic carbocycles. The van der Waals surface area contributed by atoms with Crippen LogP contribution in [0.5, 0.6) is 0 Å². The summed E-state index contributed by atoms with van der Waals surface area (Å²) in [6, 6.07) is 19.0. The van der Waals surface area contributed by atoms with Crippen LogP contribution in [-0.2, 0) is 11.2 Å². The van der Waals surface area contributed by atoms with Crippen LogP contribution in [0.15, 0.2) is 78.9 Å². The molecule has 156 valence electrons. The van der Waals surface area contributed by atoms with Gasteiger partial charge in [-0.2, -0.15) is 0 Å². The van der Waals surface area contributed by atoms with Gasteiger partial charge in [-0.1, -0.05) is 60.7 Å². The molecule has 3 aromatic rings. The lowest BCUT2D eigenvalue weighted by atomic mass is 9.99. The highest BCUT2D eigenvalue weighted by Crippen LogP contribution is 2.15. The second kappa shape index (κ2) is 9.45. The molecule has 3 rings (SSSR count). The number of nitro benzene ring substituents is 1. The average Bonchev–Trinajstić information content (AvgIpc) is 2.79. The van der Waals surface area contributed by atoms with Crippen molar-refractivity contribution in [2.75, 3.05) is 0 Å². The number of rotatable bonds is 8. The quantitative estimate of drug-likeness (QED) is 0.328. The molecule has 2 N–H and O–H groups in total. The van der Waals surface area contributed by atoms with Crippen LogP contribution in [0.3, 0.4) is 0 Å². The molecule has 0 aliphatic heterocycles. The number of nitrogens with zero attached hydrogens (tertiary/aromatic N) is 1. The number of carboxylic acid groups (broad SMARTS) is 1. The second-order valence-corrected chi connectivity index (χ2v) is 6.77. The highest BCUT2D eigenvalue weighted by molar-refractivity contribution is 6.08. The zero-order chi connectivity index (χ0) is 22.4. The zero-order valence-corrected chi connectivity index (χ0v) is 16.2. The van der Waals surface area contributed by atoms with Gasteiger partial charge >= 0.3 is 5.97 Å². The van der Waals surface area contributed by atoms with Gasteiger partial charge in [-0.05, 0) is 11.6 Å². The van der Waals surface area contributed by atoms with Crippen molar-refractivity contribution in [1.29, 1.82) is 0 Å². The second-order valence-electron chi connectivity index (χ2n) is 6.77. The van der Waals surface area contributed by atoms with E-state index in [0.717, 1.165) is 6.07 Å². The number of benzene rings is 3. The third-order valence-electron chi connectivity index (χ3n) is 4.61. The van der Waals surface area contributed by atoms with E-state index >= 15 is 0 Å². The minimum Gasteiger partial charge on any atom is -0.480 e. The Morgan fingerprint density at radius 1 is 0.871 bits per heavy atom. The van der Waals surface area contributed by atoms with E-state index in [1.807, 2.05) is 6.07 Å². The van der Waals surface area contributed by atoms with E-state index in [1.54, 1.807) is 48.5 Å². The molecule has 0 aromatic heterocycles. The number of nitro groups is 1. The molecule has 0 unspecified atom stereocenters. The first-order valence-electron chi connectivity index (χ1n) is 9.32. The normalized spacial score (nSPS) is 11.4. The number of aliphatic carboxylic acids is 1. The van der Waals surface area contributed by atoms with E-state index in [-0.39, 0.29) is 23.5 Å². The predicted octanol–water partition coefficient (Wildman–Crippen LogP) is 3.25. The van der Waals surface area contributed by atoms with Gasteiger partial charge in [0, 0.05) is 35.2 Å². The summed E-state index contributed by atoms with van der Waals surface area (Å²) in [7, 11) is 0. The number of non-ortho nitro benzene ring substituents is 1. The van der Waals surface area contributed by atoms with Crippen molar-refractivity contribution in [2.24, 2.45) is 0 Å². The number of ketones is 1. The lowest BCUT2D eigenvalue weighted by molar-refractivity contribution is -0.384. The van der Waals surface area contributed by atoms with Crippen molar-refractivity contribution < 1.29 is 24.4 Å². The Hall–Kier alpha value is -4.33. The fourth-order valence-corrected chi connectivity index (χ4v) is 2.99. The van der Waals surface area contributed by atoms with E-state index < -0.39 is 22.8 Å². The molecule has 0 aliphatic carbocycles. The van der Waals surface area contributed by atoms with Crippen LogP contribution in [0, 0.1) is 10.1 Å². The van der Waals surface area contributed by atoms with E-state index in [9.17, 15) is 29.6 Å². The van der Waals surface area contributed by atoms with Crippen LogP contribution in [0.2, 0.25) is 0 Å². The highest BCUT2D eigenvalue weighted by atomic mass is 16.6. The molecule has 31 heavy (non-hydrogen) atoms. The Bertz CT molecular complexity index is 1130. The van der Waals surface area contributed by atoms with Crippen molar-refractivity contribution in [1.82, 2.24) is 5.32 Å². The molecule has 8 nitrogen and oxygen atoms in total. The topological polar surface area (TPSA) is 127 Å². The maximum absolute atomic E-state index is 12.5. The molecule has 8 heteroatoms. The van der Waals surface area contributed by atoms with E-state index in [1.165, 1.54) is 18.2 Å². The van der Waals surface area contributed by atoms with Crippen LogP contribution >= 0.6 is 0 Å². The van der Waals surface area contributed by atoms with Crippen LogP contribution in [0.25, 0.3) is 0 Å². The van der Waals surface area contributed by atoms with Crippen molar-refractivity contribution in [3.8, 4) is 0 Å². The summed E-state index contributed by atoms with van der Waals surface area (Å²) in [5.41, 5.74) is 1.34. The van der Waals surface area contributed by atoms with E-state index in [2.05, 4.69) is 5.32 Å². The van der Waals surface area contributed by atoms with Crippen molar-refractivity contribution in [2.45, 2.75) is 12.5 Å². The lowest BCUT2D eigenvalue weighted by Gasteiger charge is -2.15. The van der Waals surface area contributed by atoms with Gasteiger partial charge in [0.05, 0.1) is 4.92 Å². The fourth-order valence-electron chi connectivity index (χ4n) is 2.99. The third kappa shape index (κ3) is 5.39. The zero-order valence-electron chi connectivity index (χ0n) is 16.2. The Balaban J connectivity index is 1.71. The van der Waals surface area contributed by atoms with Crippen LogP contribution in [0.4, 0.5) is 5.69 Å². The number of hydrogen-bond acceptors (Lipinski definition) is 5. The van der Waals surface area contributed by atoms with E-state index in [4.69, 9.17) is 0 Å². The number of carboxylic acids is 1. The SMILES string of the molecule is O=C(N[C@H](Cc1ccc(C(=O)c2ccccc2)cc1)C(=O)O)c1cccc([N+](=O)[O-])c1. The summed E-state index contributed by atoms with van der Waals surface area (Å²) in [5.74, 6) is -2.13. The maximum atomic E-state index is 12.5. The smallest absolute Gasteiger partial charge is 0.326 e. The monoisotopic (exact) mass is 418 g/mol. The van der Waals surface area contributed by atoms with Gasteiger partial charge in [0.2, 0.25) is 0 Å². The van der Waals surface area contributed by atoms with Gasteiger partial charge < -0.3 is 10.4 Å². The predicted molar refractivity (Wildman–Crippen MR) is 112 cm³/mol. The van der Waals surface area contributed by atoms with Crippen LogP contribution in [0.1, 0.15) is 31.8 Å². The van der Waals surface area contributed by atoms with Crippen molar-refractivity contribution in [3.05, 3.63) is 111 Å². The van der Waals surface area contributed by atoms with Crippen molar-refractivity contribution in [3.63, 3.8) is 0 Å². The largest absolute Gasteiger partial charge is 0.480 e. The summed E-state index contributed by atoms with van der Waals surface area (Å²) in [4.78, 5) is 46.7. The number of hydrogen-bond donors (Lipinski definition) is 2. The van der Waals surface area contributed by atoms with Gasteiger partial charge in [0.25, 0.3) is 11.6 Å². The third-order valence-corrected chi connectivity index (χ3v) is 4.61. The van der Waals surface area contributed by atoms with Gasteiger partial charge in [-0.15, -0.1) is 0 Å². The molecular formula is C23H18N2O6. The summed E-state index contributed by atoms with van der Waals surface area (Å²) in [5, 5.41) is 22.7. The molecule has 0 aliphatic rings. The van der Waals surface area contributed by atoms with E-state index in [0.29, 0.717) is 16.7 Å². The molecule has 0 saturated heterocycles. The van der Waals surface area contributed by atoms with Gasteiger partial charge in [0.1, 0.15) is 6.04 Å². The maximum Gasteiger partial charge on any atom is 0.326 e. The van der Waals surface area contributed by atoms with Crippen molar-refractivity contribution >= 4 is 23.3 Å². The van der Waals surface area contributed by atoms with Gasteiger partial charge in [-0.3, -0.25) is 19.7 Å². The first kappa shape index (κ1) is 21.4. The lowest BCUT2D eigenvalue weighted by Crippen LogP contribution is -2.42. The first-order valence-corrected chi connectivity index (χ1v) is 9.32. The summed E-state index contributed by atoms with van der Waals surface area (Å²) >= 11 is 0. The fraction of sp³-hybridized carbons (Fsp3) is 0.0870. The highest BCUT2D eigenvalue weighted by Gasteiger charge is 2.22. The summed E-state index contributed by atoms with van der Waals surface area (Å²) < 4.78 is 0. The molecule has 0 saturated carbocycles. The minimum absolute atomic E-state index is 0.00995. The van der Waals surface area contributed by atoms with Crippen LogP contribution < -0.4 is 5.32 Å². The number of nitrogens with one attached hydrogen (secondary N) is 1. The molecule has 0 heterocycles.